The number of anilines is 4. The van der Waals surface area contributed by atoms with Crippen LogP contribution in [0.5, 0.6) is 0 Å². The van der Waals surface area contributed by atoms with Crippen LogP contribution >= 0.6 is 0 Å². The molecule has 1 unspecified atom stereocenters. The number of amides is 2. The smallest absolute Gasteiger partial charge is 0.252 e. The van der Waals surface area contributed by atoms with Crippen LogP contribution in [0.25, 0.3) is 0 Å². The van der Waals surface area contributed by atoms with E-state index in [1.807, 2.05) is 36.4 Å². The van der Waals surface area contributed by atoms with Gasteiger partial charge in [0, 0.05) is 30.6 Å². The molecule has 3 aromatic rings. The van der Waals surface area contributed by atoms with Gasteiger partial charge in [-0.2, -0.15) is 0 Å². The average Bonchev–Trinajstić information content (AvgIpc) is 2.72. The van der Waals surface area contributed by atoms with Gasteiger partial charge in [0.25, 0.3) is 5.91 Å². The van der Waals surface area contributed by atoms with Crippen LogP contribution < -0.4 is 21.7 Å². The Kier molecular flexibility index (Phi) is 6.61. The molecule has 0 aliphatic carbocycles. The maximum Gasteiger partial charge on any atom is 0.252 e. The Morgan fingerprint density at radius 3 is 2.47 bits per heavy atom. The second kappa shape index (κ2) is 9.53. The van der Waals surface area contributed by atoms with E-state index in [1.165, 1.54) is 13.1 Å². The molecule has 1 atom stereocenters. The number of pyridine rings is 1. The number of aliphatic hydroxyl groups excluding tert-OH is 1. The third-order valence-corrected chi connectivity index (χ3v) is 4.34. The molecule has 0 aliphatic heterocycles. The van der Waals surface area contributed by atoms with Crippen LogP contribution in [0.4, 0.5) is 22.9 Å². The Labute approximate surface area is 174 Å². The van der Waals surface area contributed by atoms with Crippen LogP contribution in [0.1, 0.15) is 28.9 Å². The molecule has 0 spiro atoms. The molecule has 0 fully saturated rings. The lowest BCUT2D eigenvalue weighted by Crippen LogP contribution is -2.20. The number of nitrogens with zero attached hydrogens (tertiary/aromatic N) is 1. The average molecular weight is 405 g/mol. The number of benzene rings is 2. The van der Waals surface area contributed by atoms with Crippen molar-refractivity contribution in [2.75, 3.05) is 22.6 Å². The molecule has 0 saturated heterocycles. The van der Waals surface area contributed by atoms with Crippen molar-refractivity contribution in [1.82, 2.24) is 4.98 Å². The predicted octanol–water partition coefficient (Wildman–Crippen LogP) is 3.03. The molecule has 0 bridgehead atoms. The molecule has 1 aromatic heterocycles. The first kappa shape index (κ1) is 20.8. The summed E-state index contributed by atoms with van der Waals surface area (Å²) in [5.41, 5.74) is 8.36. The fourth-order valence-corrected chi connectivity index (χ4v) is 2.97. The Hall–Kier alpha value is -3.91. The second-order valence-electron chi connectivity index (χ2n) is 6.66. The first-order valence-corrected chi connectivity index (χ1v) is 9.33. The van der Waals surface area contributed by atoms with Crippen LogP contribution in [0.3, 0.4) is 0 Å². The highest BCUT2D eigenvalue weighted by molar-refractivity contribution is 5.98. The third kappa shape index (κ3) is 5.33. The summed E-state index contributed by atoms with van der Waals surface area (Å²) in [7, 11) is 0. The topological polar surface area (TPSA) is 129 Å². The second-order valence-corrected chi connectivity index (χ2v) is 6.66. The van der Waals surface area contributed by atoms with Crippen molar-refractivity contribution >= 4 is 34.7 Å². The van der Waals surface area contributed by atoms with Gasteiger partial charge in [0.05, 0.1) is 23.9 Å². The van der Waals surface area contributed by atoms with Crippen molar-refractivity contribution in [1.29, 1.82) is 0 Å². The van der Waals surface area contributed by atoms with E-state index < -0.39 is 11.9 Å². The highest BCUT2D eigenvalue weighted by Crippen LogP contribution is 2.26. The molecule has 8 heteroatoms. The van der Waals surface area contributed by atoms with Crippen molar-refractivity contribution in [2.45, 2.75) is 13.0 Å². The molecule has 3 rings (SSSR count). The first-order chi connectivity index (χ1) is 14.5. The summed E-state index contributed by atoms with van der Waals surface area (Å²) in [4.78, 5) is 27.4. The van der Waals surface area contributed by atoms with Crippen molar-refractivity contribution in [3.05, 3.63) is 78.0 Å². The van der Waals surface area contributed by atoms with E-state index in [0.717, 1.165) is 5.56 Å². The number of hydrogen-bond acceptors (Lipinski definition) is 6. The number of primary amides is 1. The van der Waals surface area contributed by atoms with Crippen molar-refractivity contribution < 1.29 is 14.7 Å². The van der Waals surface area contributed by atoms with Crippen LogP contribution in [0.15, 0.2) is 66.9 Å². The van der Waals surface area contributed by atoms with E-state index in [1.54, 1.807) is 24.3 Å². The van der Waals surface area contributed by atoms with Crippen molar-refractivity contribution in [3.8, 4) is 0 Å². The normalized spacial score (nSPS) is 11.4. The van der Waals surface area contributed by atoms with Gasteiger partial charge < -0.3 is 26.8 Å². The summed E-state index contributed by atoms with van der Waals surface area (Å²) >= 11 is 0. The number of carbonyl (C=O) groups excluding carboxylic acids is 2. The minimum absolute atomic E-state index is 0.168. The molecule has 1 heterocycles. The molecule has 0 aliphatic rings. The highest BCUT2D eigenvalue weighted by atomic mass is 16.3. The molecule has 0 radical (unpaired) electrons. The zero-order valence-electron chi connectivity index (χ0n) is 16.4. The SMILES string of the molecule is CC(=O)Nc1cccc(Nc2cc(NC(CO)c3ccccc3)c(C(N)=O)cn2)c1. The summed E-state index contributed by atoms with van der Waals surface area (Å²) < 4.78 is 0. The Morgan fingerprint density at radius 2 is 1.80 bits per heavy atom. The van der Waals surface area contributed by atoms with Gasteiger partial charge in [0.2, 0.25) is 5.91 Å². The Balaban J connectivity index is 1.87. The summed E-state index contributed by atoms with van der Waals surface area (Å²) in [5.74, 6) is -0.334. The van der Waals surface area contributed by atoms with Crippen molar-refractivity contribution in [2.24, 2.45) is 5.73 Å². The number of nitrogens with one attached hydrogen (secondary N) is 3. The number of aliphatic hydroxyl groups is 1. The Morgan fingerprint density at radius 1 is 1.07 bits per heavy atom. The van der Waals surface area contributed by atoms with Gasteiger partial charge >= 0.3 is 0 Å². The largest absolute Gasteiger partial charge is 0.394 e. The van der Waals surface area contributed by atoms with E-state index in [9.17, 15) is 14.7 Å². The molecule has 2 aromatic carbocycles. The van der Waals surface area contributed by atoms with E-state index in [-0.39, 0.29) is 18.1 Å². The lowest BCUT2D eigenvalue weighted by molar-refractivity contribution is -0.114. The van der Waals surface area contributed by atoms with E-state index in [0.29, 0.717) is 22.9 Å². The fourth-order valence-electron chi connectivity index (χ4n) is 2.97. The molecule has 154 valence electrons. The van der Waals surface area contributed by atoms with Gasteiger partial charge in [-0.15, -0.1) is 0 Å². The zero-order chi connectivity index (χ0) is 21.5. The van der Waals surface area contributed by atoms with E-state index >= 15 is 0 Å². The molecule has 30 heavy (non-hydrogen) atoms. The maximum atomic E-state index is 11.9. The Bertz CT molecular complexity index is 1040. The van der Waals surface area contributed by atoms with Crippen LogP contribution in [0, 0.1) is 0 Å². The lowest BCUT2D eigenvalue weighted by Gasteiger charge is -2.20. The summed E-state index contributed by atoms with van der Waals surface area (Å²) in [5, 5.41) is 18.9. The molecule has 8 nitrogen and oxygen atoms in total. The van der Waals surface area contributed by atoms with Gasteiger partial charge in [-0.05, 0) is 23.8 Å². The van der Waals surface area contributed by atoms with Crippen molar-refractivity contribution in [3.63, 3.8) is 0 Å². The molecule has 6 N–H and O–H groups in total. The van der Waals surface area contributed by atoms with Crippen LogP contribution in [-0.2, 0) is 4.79 Å². The number of hydrogen-bond donors (Lipinski definition) is 5. The monoisotopic (exact) mass is 405 g/mol. The number of carbonyl (C=O) groups is 2. The summed E-state index contributed by atoms with van der Waals surface area (Å²) in [6, 6.07) is 17.8. The quantitative estimate of drug-likeness (QED) is 0.392. The third-order valence-electron chi connectivity index (χ3n) is 4.34. The minimum atomic E-state index is -0.631. The number of nitrogens with two attached hydrogens (primary N) is 1. The molecular weight excluding hydrogens is 382 g/mol. The first-order valence-electron chi connectivity index (χ1n) is 9.33. The van der Waals surface area contributed by atoms with E-state index in [4.69, 9.17) is 5.73 Å². The van der Waals surface area contributed by atoms with Gasteiger partial charge in [-0.25, -0.2) is 4.98 Å². The van der Waals surface area contributed by atoms with Crippen LogP contribution in [-0.4, -0.2) is 28.5 Å². The summed E-state index contributed by atoms with van der Waals surface area (Å²) in [6.45, 7) is 1.26. The van der Waals surface area contributed by atoms with Gasteiger partial charge in [-0.1, -0.05) is 36.4 Å². The van der Waals surface area contributed by atoms with Crippen LogP contribution in [0.2, 0.25) is 0 Å². The molecular formula is C22H23N5O3. The molecule has 0 saturated carbocycles. The maximum absolute atomic E-state index is 11.9. The zero-order valence-corrected chi connectivity index (χ0v) is 16.4. The standard InChI is InChI=1S/C22H23N5O3/c1-14(29)25-16-8-5-9-17(10-16)26-21-11-19(18(12-24-21)22(23)30)27-20(13-28)15-6-3-2-4-7-15/h2-12,20,28H,13H2,1H3,(H2,23,30)(H,25,29)(H2,24,26,27). The number of rotatable bonds is 8. The summed E-state index contributed by atoms with van der Waals surface area (Å²) in [6.07, 6.45) is 1.38. The fraction of sp³-hybridized carbons (Fsp3) is 0.136. The number of aromatic nitrogens is 1. The van der Waals surface area contributed by atoms with E-state index in [2.05, 4.69) is 20.9 Å². The van der Waals surface area contributed by atoms with Gasteiger partial charge in [-0.3, -0.25) is 9.59 Å². The lowest BCUT2D eigenvalue weighted by atomic mass is 10.1. The van der Waals surface area contributed by atoms with Gasteiger partial charge in [0.15, 0.2) is 0 Å². The molecule has 2 amide bonds. The minimum Gasteiger partial charge on any atom is -0.394 e. The predicted molar refractivity (Wildman–Crippen MR) is 117 cm³/mol. The highest BCUT2D eigenvalue weighted by Gasteiger charge is 2.16. The van der Waals surface area contributed by atoms with Gasteiger partial charge in [0.1, 0.15) is 5.82 Å².